The van der Waals surface area contributed by atoms with Crippen molar-refractivity contribution in [1.82, 2.24) is 5.32 Å². The van der Waals surface area contributed by atoms with Crippen LogP contribution in [0.15, 0.2) is 34.9 Å². The summed E-state index contributed by atoms with van der Waals surface area (Å²) >= 11 is 0. The van der Waals surface area contributed by atoms with E-state index in [0.717, 1.165) is 37.5 Å². The third kappa shape index (κ3) is 2.34. The molecule has 1 atom stereocenters. The van der Waals surface area contributed by atoms with E-state index >= 15 is 0 Å². The average Bonchev–Trinajstić information content (AvgIpc) is 3.09. The SMILES string of the molecule is CCCNC(c1cccc2c1OCC2)c1occc1C. The Morgan fingerprint density at radius 3 is 2.95 bits per heavy atom. The zero-order valence-corrected chi connectivity index (χ0v) is 12.1. The normalized spacial score (nSPS) is 14.9. The van der Waals surface area contributed by atoms with Crippen LogP contribution in [-0.2, 0) is 6.42 Å². The summed E-state index contributed by atoms with van der Waals surface area (Å²) in [6, 6.07) is 8.48. The Morgan fingerprint density at radius 1 is 1.30 bits per heavy atom. The number of ether oxygens (including phenoxy) is 1. The molecule has 1 aliphatic rings. The first-order chi connectivity index (χ1) is 9.81. The van der Waals surface area contributed by atoms with Gasteiger partial charge in [0.25, 0.3) is 0 Å². The van der Waals surface area contributed by atoms with Gasteiger partial charge in [-0.05, 0) is 37.1 Å². The van der Waals surface area contributed by atoms with Crippen LogP contribution < -0.4 is 10.1 Å². The molecule has 1 aliphatic heterocycles. The van der Waals surface area contributed by atoms with Crippen molar-refractivity contribution in [2.75, 3.05) is 13.2 Å². The van der Waals surface area contributed by atoms with Crippen molar-refractivity contribution in [3.05, 3.63) is 53.0 Å². The van der Waals surface area contributed by atoms with Crippen molar-refractivity contribution in [2.45, 2.75) is 32.7 Å². The Bertz CT molecular complexity index is 588. The van der Waals surface area contributed by atoms with Gasteiger partial charge in [-0.3, -0.25) is 0 Å². The van der Waals surface area contributed by atoms with Gasteiger partial charge >= 0.3 is 0 Å². The van der Waals surface area contributed by atoms with Gasteiger partial charge in [-0.2, -0.15) is 0 Å². The first-order valence-corrected chi connectivity index (χ1v) is 7.33. The quantitative estimate of drug-likeness (QED) is 0.902. The van der Waals surface area contributed by atoms with E-state index in [-0.39, 0.29) is 6.04 Å². The average molecular weight is 271 g/mol. The number of para-hydroxylation sites is 1. The number of fused-ring (bicyclic) bond motifs is 1. The van der Waals surface area contributed by atoms with Crippen LogP contribution in [-0.4, -0.2) is 13.2 Å². The molecule has 1 N–H and O–H groups in total. The van der Waals surface area contributed by atoms with E-state index in [1.807, 2.05) is 6.07 Å². The molecule has 0 saturated carbocycles. The highest BCUT2D eigenvalue weighted by Gasteiger charge is 2.25. The molecule has 2 aromatic rings. The Labute approximate surface area is 119 Å². The molecule has 0 saturated heterocycles. The minimum absolute atomic E-state index is 0.0676. The molecule has 2 heterocycles. The van der Waals surface area contributed by atoms with Gasteiger partial charge in [-0.15, -0.1) is 0 Å². The lowest BCUT2D eigenvalue weighted by Crippen LogP contribution is -2.23. The molecule has 106 valence electrons. The molecule has 0 fully saturated rings. The molecule has 20 heavy (non-hydrogen) atoms. The van der Waals surface area contributed by atoms with Crippen LogP contribution in [0.1, 0.15) is 41.8 Å². The predicted octanol–water partition coefficient (Wildman–Crippen LogP) is 3.61. The first kappa shape index (κ1) is 13.3. The van der Waals surface area contributed by atoms with Crippen molar-refractivity contribution in [3.8, 4) is 5.75 Å². The monoisotopic (exact) mass is 271 g/mol. The number of hydrogen-bond acceptors (Lipinski definition) is 3. The van der Waals surface area contributed by atoms with Crippen molar-refractivity contribution in [2.24, 2.45) is 0 Å². The standard InChI is InChI=1S/C17H21NO2/c1-3-9-18-15(16-12(2)7-10-19-16)14-6-4-5-13-8-11-20-17(13)14/h4-7,10,15,18H,3,8-9,11H2,1-2H3. The Hall–Kier alpha value is -1.74. The maximum Gasteiger partial charge on any atom is 0.128 e. The summed E-state index contributed by atoms with van der Waals surface area (Å²) < 4.78 is 11.6. The summed E-state index contributed by atoms with van der Waals surface area (Å²) in [5, 5.41) is 3.58. The summed E-state index contributed by atoms with van der Waals surface area (Å²) in [5.41, 5.74) is 3.66. The molecule has 3 nitrogen and oxygen atoms in total. The molecule has 0 bridgehead atoms. The van der Waals surface area contributed by atoms with Gasteiger partial charge in [0.1, 0.15) is 11.5 Å². The topological polar surface area (TPSA) is 34.4 Å². The Morgan fingerprint density at radius 2 is 2.20 bits per heavy atom. The van der Waals surface area contributed by atoms with Crippen LogP contribution in [0.2, 0.25) is 0 Å². The van der Waals surface area contributed by atoms with E-state index in [1.165, 1.54) is 16.7 Å². The minimum Gasteiger partial charge on any atom is -0.493 e. The van der Waals surface area contributed by atoms with Crippen molar-refractivity contribution >= 4 is 0 Å². The van der Waals surface area contributed by atoms with Gasteiger partial charge in [0.2, 0.25) is 0 Å². The van der Waals surface area contributed by atoms with E-state index < -0.39 is 0 Å². The van der Waals surface area contributed by atoms with E-state index in [2.05, 4.69) is 37.4 Å². The van der Waals surface area contributed by atoms with Crippen LogP contribution >= 0.6 is 0 Å². The fraction of sp³-hybridized carbons (Fsp3) is 0.412. The van der Waals surface area contributed by atoms with E-state index in [0.29, 0.717) is 0 Å². The lowest BCUT2D eigenvalue weighted by atomic mass is 9.98. The fourth-order valence-corrected chi connectivity index (χ4v) is 2.78. The number of furan rings is 1. The summed E-state index contributed by atoms with van der Waals surface area (Å²) in [6.45, 7) is 5.99. The molecule has 0 aliphatic carbocycles. The van der Waals surface area contributed by atoms with E-state index in [4.69, 9.17) is 9.15 Å². The van der Waals surface area contributed by atoms with Gasteiger partial charge < -0.3 is 14.5 Å². The van der Waals surface area contributed by atoms with Crippen molar-refractivity contribution in [1.29, 1.82) is 0 Å². The summed E-state index contributed by atoms with van der Waals surface area (Å²) in [5.74, 6) is 2.03. The molecule has 0 radical (unpaired) electrons. The molecule has 1 aromatic carbocycles. The smallest absolute Gasteiger partial charge is 0.128 e. The summed E-state index contributed by atoms with van der Waals surface area (Å²) in [7, 11) is 0. The lowest BCUT2D eigenvalue weighted by Gasteiger charge is -2.20. The summed E-state index contributed by atoms with van der Waals surface area (Å²) in [6.07, 6.45) is 3.85. The molecule has 3 rings (SSSR count). The van der Waals surface area contributed by atoms with Crippen LogP contribution in [0, 0.1) is 6.92 Å². The highest BCUT2D eigenvalue weighted by atomic mass is 16.5. The van der Waals surface area contributed by atoms with Gasteiger partial charge in [-0.25, -0.2) is 0 Å². The second-order valence-electron chi connectivity index (χ2n) is 5.29. The molecular weight excluding hydrogens is 250 g/mol. The molecule has 1 unspecified atom stereocenters. The van der Waals surface area contributed by atoms with Crippen molar-refractivity contribution in [3.63, 3.8) is 0 Å². The predicted molar refractivity (Wildman–Crippen MR) is 79.2 cm³/mol. The van der Waals surface area contributed by atoms with Gasteiger partial charge in [-0.1, -0.05) is 25.1 Å². The third-order valence-corrected chi connectivity index (χ3v) is 3.82. The van der Waals surface area contributed by atoms with Crippen molar-refractivity contribution < 1.29 is 9.15 Å². The number of rotatable bonds is 5. The second-order valence-corrected chi connectivity index (χ2v) is 5.29. The van der Waals surface area contributed by atoms with E-state index in [9.17, 15) is 0 Å². The van der Waals surface area contributed by atoms with Gasteiger partial charge in [0, 0.05) is 12.0 Å². The fourth-order valence-electron chi connectivity index (χ4n) is 2.78. The lowest BCUT2D eigenvalue weighted by molar-refractivity contribution is 0.346. The molecule has 3 heteroatoms. The zero-order chi connectivity index (χ0) is 13.9. The molecule has 0 spiro atoms. The number of nitrogens with one attached hydrogen (secondary N) is 1. The molecule has 0 amide bonds. The Balaban J connectivity index is 2.02. The highest BCUT2D eigenvalue weighted by molar-refractivity contribution is 5.48. The highest BCUT2D eigenvalue weighted by Crippen LogP contribution is 2.37. The van der Waals surface area contributed by atoms with Crippen LogP contribution in [0.4, 0.5) is 0 Å². The number of benzene rings is 1. The zero-order valence-electron chi connectivity index (χ0n) is 12.1. The van der Waals surface area contributed by atoms with Gasteiger partial charge in [0.05, 0.1) is 18.9 Å². The van der Waals surface area contributed by atoms with Crippen LogP contribution in [0.25, 0.3) is 0 Å². The summed E-state index contributed by atoms with van der Waals surface area (Å²) in [4.78, 5) is 0. The maximum absolute atomic E-state index is 5.85. The number of hydrogen-bond donors (Lipinski definition) is 1. The number of aryl methyl sites for hydroxylation is 1. The maximum atomic E-state index is 5.85. The largest absolute Gasteiger partial charge is 0.493 e. The molecular formula is C17H21NO2. The third-order valence-electron chi connectivity index (χ3n) is 3.82. The van der Waals surface area contributed by atoms with Crippen LogP contribution in [0.3, 0.4) is 0 Å². The Kier molecular flexibility index (Phi) is 3.79. The first-order valence-electron chi connectivity index (χ1n) is 7.33. The molecule has 1 aromatic heterocycles. The second kappa shape index (κ2) is 5.71. The van der Waals surface area contributed by atoms with E-state index in [1.54, 1.807) is 6.26 Å². The van der Waals surface area contributed by atoms with Gasteiger partial charge in [0.15, 0.2) is 0 Å². The van der Waals surface area contributed by atoms with Crippen LogP contribution in [0.5, 0.6) is 5.75 Å². The minimum atomic E-state index is 0.0676.